The van der Waals surface area contributed by atoms with Crippen LogP contribution in [0.3, 0.4) is 0 Å². The number of hydrogen-bond donors (Lipinski definition) is 3. The summed E-state index contributed by atoms with van der Waals surface area (Å²) in [6, 6.07) is 7.27. The Kier molecular flexibility index (Phi) is 3.45. The van der Waals surface area contributed by atoms with Gasteiger partial charge in [0.05, 0.1) is 12.0 Å². The number of piperidine rings is 1. The number of aliphatic hydroxyl groups is 1. The number of carbonyl (C=O) groups is 1. The SMILES string of the molecule is O=C(O)Cc1cccc(C2(O)CCNCC2)c1. The zero-order chi connectivity index (χ0) is 12.3. The minimum Gasteiger partial charge on any atom is -0.481 e. The van der Waals surface area contributed by atoms with Gasteiger partial charge in [-0.05, 0) is 37.1 Å². The predicted octanol–water partition coefficient (Wildman–Crippen LogP) is 0.885. The zero-order valence-electron chi connectivity index (χ0n) is 9.65. The van der Waals surface area contributed by atoms with Crippen LogP contribution in [-0.4, -0.2) is 29.3 Å². The minimum atomic E-state index is -0.848. The van der Waals surface area contributed by atoms with E-state index in [9.17, 15) is 9.90 Å². The van der Waals surface area contributed by atoms with E-state index in [2.05, 4.69) is 5.32 Å². The van der Waals surface area contributed by atoms with E-state index in [1.165, 1.54) is 0 Å². The summed E-state index contributed by atoms with van der Waals surface area (Å²) in [5, 5.41) is 22.5. The van der Waals surface area contributed by atoms with Gasteiger partial charge in [-0.15, -0.1) is 0 Å². The van der Waals surface area contributed by atoms with Crippen molar-refractivity contribution >= 4 is 5.97 Å². The summed E-state index contributed by atoms with van der Waals surface area (Å²) in [7, 11) is 0. The highest BCUT2D eigenvalue weighted by molar-refractivity contribution is 5.70. The molecular formula is C13H17NO3. The van der Waals surface area contributed by atoms with E-state index in [4.69, 9.17) is 5.11 Å². The summed E-state index contributed by atoms with van der Waals surface area (Å²) in [4.78, 5) is 10.7. The third-order valence-corrected chi connectivity index (χ3v) is 3.25. The Bertz CT molecular complexity index is 411. The Labute approximate surface area is 100 Å². The first kappa shape index (κ1) is 12.1. The maximum Gasteiger partial charge on any atom is 0.307 e. The molecule has 1 heterocycles. The molecular weight excluding hydrogens is 218 g/mol. The fourth-order valence-electron chi connectivity index (χ4n) is 2.27. The molecule has 1 aromatic rings. The predicted molar refractivity (Wildman–Crippen MR) is 63.8 cm³/mol. The van der Waals surface area contributed by atoms with E-state index >= 15 is 0 Å². The first-order chi connectivity index (χ1) is 8.10. The lowest BCUT2D eigenvalue weighted by molar-refractivity contribution is -0.136. The molecule has 3 N–H and O–H groups in total. The Morgan fingerprint density at radius 2 is 2.06 bits per heavy atom. The van der Waals surface area contributed by atoms with Gasteiger partial charge < -0.3 is 15.5 Å². The molecule has 1 saturated heterocycles. The topological polar surface area (TPSA) is 69.6 Å². The van der Waals surface area contributed by atoms with Gasteiger partial charge in [-0.25, -0.2) is 0 Å². The van der Waals surface area contributed by atoms with E-state index < -0.39 is 11.6 Å². The fraction of sp³-hybridized carbons (Fsp3) is 0.462. The molecule has 0 radical (unpaired) electrons. The van der Waals surface area contributed by atoms with Crippen molar-refractivity contribution in [2.75, 3.05) is 13.1 Å². The summed E-state index contributed by atoms with van der Waals surface area (Å²) in [6.45, 7) is 1.58. The summed E-state index contributed by atoms with van der Waals surface area (Å²) in [6.07, 6.45) is 1.34. The molecule has 0 aromatic heterocycles. The maximum atomic E-state index is 10.7. The van der Waals surface area contributed by atoms with E-state index in [1.807, 2.05) is 12.1 Å². The molecule has 17 heavy (non-hydrogen) atoms. The largest absolute Gasteiger partial charge is 0.481 e. The highest BCUT2D eigenvalue weighted by atomic mass is 16.4. The van der Waals surface area contributed by atoms with Crippen LogP contribution in [0.1, 0.15) is 24.0 Å². The van der Waals surface area contributed by atoms with Crippen molar-refractivity contribution in [3.63, 3.8) is 0 Å². The molecule has 0 atom stereocenters. The normalized spacial score (nSPS) is 18.9. The summed E-state index contributed by atoms with van der Waals surface area (Å²) in [5.74, 6) is -0.848. The Hall–Kier alpha value is -1.39. The second-order valence-corrected chi connectivity index (χ2v) is 4.55. The van der Waals surface area contributed by atoms with Crippen LogP contribution in [-0.2, 0) is 16.8 Å². The van der Waals surface area contributed by atoms with Gasteiger partial charge >= 0.3 is 5.97 Å². The van der Waals surface area contributed by atoms with Crippen LogP contribution in [0, 0.1) is 0 Å². The summed E-state index contributed by atoms with van der Waals surface area (Å²) < 4.78 is 0. The molecule has 0 spiro atoms. The lowest BCUT2D eigenvalue weighted by Crippen LogP contribution is -2.39. The van der Waals surface area contributed by atoms with Crippen LogP contribution in [0.15, 0.2) is 24.3 Å². The number of rotatable bonds is 3. The van der Waals surface area contributed by atoms with Gasteiger partial charge in [-0.3, -0.25) is 4.79 Å². The smallest absolute Gasteiger partial charge is 0.307 e. The molecule has 0 aliphatic carbocycles. The molecule has 0 saturated carbocycles. The van der Waals surface area contributed by atoms with Crippen LogP contribution >= 0.6 is 0 Å². The van der Waals surface area contributed by atoms with Gasteiger partial charge in [0, 0.05) is 0 Å². The van der Waals surface area contributed by atoms with Gasteiger partial charge in [0.15, 0.2) is 0 Å². The molecule has 4 heteroatoms. The number of benzene rings is 1. The summed E-state index contributed by atoms with van der Waals surface area (Å²) >= 11 is 0. The highest BCUT2D eigenvalue weighted by Crippen LogP contribution is 2.30. The maximum absolute atomic E-state index is 10.7. The van der Waals surface area contributed by atoms with Crippen molar-refractivity contribution in [3.05, 3.63) is 35.4 Å². The number of hydrogen-bond acceptors (Lipinski definition) is 3. The first-order valence-corrected chi connectivity index (χ1v) is 5.84. The van der Waals surface area contributed by atoms with Crippen molar-refractivity contribution in [1.82, 2.24) is 5.32 Å². The minimum absolute atomic E-state index is 0.00215. The molecule has 0 amide bonds. The van der Waals surface area contributed by atoms with Gasteiger partial charge in [0.1, 0.15) is 0 Å². The molecule has 1 aliphatic heterocycles. The van der Waals surface area contributed by atoms with Gasteiger partial charge in [0.25, 0.3) is 0 Å². The Morgan fingerprint density at radius 3 is 2.71 bits per heavy atom. The van der Waals surface area contributed by atoms with Crippen LogP contribution in [0.4, 0.5) is 0 Å². The van der Waals surface area contributed by atoms with E-state index in [1.54, 1.807) is 12.1 Å². The number of nitrogens with one attached hydrogen (secondary N) is 1. The first-order valence-electron chi connectivity index (χ1n) is 5.84. The lowest BCUT2D eigenvalue weighted by atomic mass is 9.84. The molecule has 1 fully saturated rings. The number of carboxylic acids is 1. The monoisotopic (exact) mass is 235 g/mol. The zero-order valence-corrected chi connectivity index (χ0v) is 9.65. The second kappa shape index (κ2) is 4.85. The van der Waals surface area contributed by atoms with Crippen molar-refractivity contribution in [2.45, 2.75) is 24.9 Å². The van der Waals surface area contributed by atoms with Gasteiger partial charge in [-0.1, -0.05) is 24.3 Å². The Balaban J connectivity index is 2.22. The van der Waals surface area contributed by atoms with Crippen molar-refractivity contribution < 1.29 is 15.0 Å². The van der Waals surface area contributed by atoms with Crippen LogP contribution < -0.4 is 5.32 Å². The van der Waals surface area contributed by atoms with Crippen molar-refractivity contribution in [3.8, 4) is 0 Å². The average Bonchev–Trinajstić information content (AvgIpc) is 2.29. The van der Waals surface area contributed by atoms with Crippen LogP contribution in [0.5, 0.6) is 0 Å². The highest BCUT2D eigenvalue weighted by Gasteiger charge is 2.31. The molecule has 0 bridgehead atoms. The van der Waals surface area contributed by atoms with Crippen molar-refractivity contribution in [1.29, 1.82) is 0 Å². The van der Waals surface area contributed by atoms with E-state index in [0.29, 0.717) is 12.8 Å². The van der Waals surface area contributed by atoms with Gasteiger partial charge in [0.2, 0.25) is 0 Å². The van der Waals surface area contributed by atoms with Crippen LogP contribution in [0.25, 0.3) is 0 Å². The lowest BCUT2D eigenvalue weighted by Gasteiger charge is -2.33. The fourth-order valence-corrected chi connectivity index (χ4v) is 2.27. The second-order valence-electron chi connectivity index (χ2n) is 4.55. The number of aliphatic carboxylic acids is 1. The van der Waals surface area contributed by atoms with E-state index in [0.717, 1.165) is 24.2 Å². The van der Waals surface area contributed by atoms with Gasteiger partial charge in [-0.2, -0.15) is 0 Å². The Morgan fingerprint density at radius 1 is 1.35 bits per heavy atom. The molecule has 4 nitrogen and oxygen atoms in total. The quantitative estimate of drug-likeness (QED) is 0.727. The standard InChI is InChI=1S/C13H17NO3/c15-12(16)9-10-2-1-3-11(8-10)13(17)4-6-14-7-5-13/h1-3,8,14,17H,4-7,9H2,(H,15,16). The molecule has 1 aromatic carbocycles. The molecule has 1 aliphatic rings. The molecule has 92 valence electrons. The van der Waals surface area contributed by atoms with E-state index in [-0.39, 0.29) is 6.42 Å². The van der Waals surface area contributed by atoms with Crippen molar-refractivity contribution in [2.24, 2.45) is 0 Å². The third kappa shape index (κ3) is 2.84. The molecule has 0 unspecified atom stereocenters. The van der Waals surface area contributed by atoms with Crippen LogP contribution in [0.2, 0.25) is 0 Å². The number of carboxylic acid groups (broad SMARTS) is 1. The summed E-state index contributed by atoms with van der Waals surface area (Å²) in [5.41, 5.74) is 0.763. The third-order valence-electron chi connectivity index (χ3n) is 3.25. The molecule has 2 rings (SSSR count). The average molecular weight is 235 g/mol.